The van der Waals surface area contributed by atoms with E-state index >= 15 is 0 Å². The molecule has 2 aromatic rings. The zero-order valence-corrected chi connectivity index (χ0v) is 11.5. The van der Waals surface area contributed by atoms with Gasteiger partial charge in [0, 0.05) is 7.05 Å². The lowest BCUT2D eigenvalue weighted by Crippen LogP contribution is -1.94. The average molecular weight is 249 g/mol. The first kappa shape index (κ1) is 13.2. The minimum absolute atomic E-state index is 1.05. The third kappa shape index (κ3) is 3.14. The summed E-state index contributed by atoms with van der Waals surface area (Å²) >= 11 is 0. The van der Waals surface area contributed by atoms with Crippen LogP contribution in [0.4, 0.5) is 0 Å². The molecular formula is C18H19N. The summed E-state index contributed by atoms with van der Waals surface area (Å²) in [6, 6.07) is 16.7. The standard InChI is InChI=1S/C18H19N/c1-14-9-10-18(17(13-14)11-12-19-3)15(2)16-7-5-4-6-8-16/h4-13,19H,2H2,1,3H3/b12-11-. The van der Waals surface area contributed by atoms with Crippen molar-refractivity contribution in [2.45, 2.75) is 6.92 Å². The summed E-state index contributed by atoms with van der Waals surface area (Å²) in [5, 5.41) is 3.03. The smallest absolute Gasteiger partial charge is 0.00277 e. The molecule has 0 bridgehead atoms. The molecule has 2 aromatic carbocycles. The van der Waals surface area contributed by atoms with E-state index in [1.54, 1.807) is 0 Å². The summed E-state index contributed by atoms with van der Waals surface area (Å²) in [5.74, 6) is 0. The highest BCUT2D eigenvalue weighted by Crippen LogP contribution is 2.26. The monoisotopic (exact) mass is 249 g/mol. The molecule has 0 spiro atoms. The molecule has 1 N–H and O–H groups in total. The molecule has 0 saturated carbocycles. The predicted molar refractivity (Wildman–Crippen MR) is 83.9 cm³/mol. The number of rotatable bonds is 4. The van der Waals surface area contributed by atoms with Crippen molar-refractivity contribution in [2.24, 2.45) is 0 Å². The Bertz CT molecular complexity index is 594. The van der Waals surface area contributed by atoms with Gasteiger partial charge >= 0.3 is 0 Å². The maximum absolute atomic E-state index is 4.24. The lowest BCUT2D eigenvalue weighted by molar-refractivity contribution is 1.11. The zero-order valence-electron chi connectivity index (χ0n) is 11.5. The molecule has 0 aliphatic carbocycles. The van der Waals surface area contributed by atoms with Gasteiger partial charge in [0.1, 0.15) is 0 Å². The first-order valence-electron chi connectivity index (χ1n) is 6.41. The molecular weight excluding hydrogens is 230 g/mol. The maximum Gasteiger partial charge on any atom is 0.00277 e. The number of hydrogen-bond acceptors (Lipinski definition) is 1. The van der Waals surface area contributed by atoms with Crippen molar-refractivity contribution in [3.8, 4) is 0 Å². The fourth-order valence-electron chi connectivity index (χ4n) is 2.06. The van der Waals surface area contributed by atoms with Gasteiger partial charge in [-0.15, -0.1) is 0 Å². The van der Waals surface area contributed by atoms with E-state index in [4.69, 9.17) is 0 Å². The van der Waals surface area contributed by atoms with E-state index in [0.717, 1.165) is 11.1 Å². The lowest BCUT2D eigenvalue weighted by Gasteiger charge is -2.11. The van der Waals surface area contributed by atoms with Crippen LogP contribution in [0.1, 0.15) is 22.3 Å². The summed E-state index contributed by atoms with van der Waals surface area (Å²) in [6.07, 6.45) is 4.02. The third-order valence-electron chi connectivity index (χ3n) is 3.08. The molecule has 0 fully saturated rings. The topological polar surface area (TPSA) is 12.0 Å². The summed E-state index contributed by atoms with van der Waals surface area (Å²) in [7, 11) is 1.90. The Morgan fingerprint density at radius 3 is 2.53 bits per heavy atom. The molecule has 0 radical (unpaired) electrons. The zero-order chi connectivity index (χ0) is 13.7. The van der Waals surface area contributed by atoms with Crippen molar-refractivity contribution >= 4 is 11.6 Å². The minimum atomic E-state index is 1.05. The van der Waals surface area contributed by atoms with E-state index in [-0.39, 0.29) is 0 Å². The van der Waals surface area contributed by atoms with Crippen molar-refractivity contribution in [1.29, 1.82) is 0 Å². The molecule has 96 valence electrons. The van der Waals surface area contributed by atoms with E-state index in [1.807, 2.05) is 31.4 Å². The SMILES string of the molecule is C=C(c1ccccc1)c1ccc(C)cc1/C=C\NC. The Labute approximate surface area is 115 Å². The largest absolute Gasteiger partial charge is 0.394 e. The quantitative estimate of drug-likeness (QED) is 0.854. The number of aryl methyl sites for hydroxylation is 1. The van der Waals surface area contributed by atoms with Crippen LogP contribution in [0.3, 0.4) is 0 Å². The van der Waals surface area contributed by atoms with E-state index in [0.29, 0.717) is 0 Å². The second-order valence-electron chi connectivity index (χ2n) is 4.56. The molecule has 2 rings (SSSR count). The Morgan fingerprint density at radius 1 is 1.11 bits per heavy atom. The van der Waals surface area contributed by atoms with Crippen LogP contribution in [-0.4, -0.2) is 7.05 Å². The van der Waals surface area contributed by atoms with Gasteiger partial charge in [-0.2, -0.15) is 0 Å². The summed E-state index contributed by atoms with van der Waals surface area (Å²) in [6.45, 7) is 6.34. The Hall–Kier alpha value is -2.28. The van der Waals surface area contributed by atoms with Crippen LogP contribution in [0.2, 0.25) is 0 Å². The molecule has 0 aliphatic rings. The molecule has 19 heavy (non-hydrogen) atoms. The van der Waals surface area contributed by atoms with Crippen molar-refractivity contribution in [1.82, 2.24) is 5.32 Å². The van der Waals surface area contributed by atoms with Crippen LogP contribution < -0.4 is 5.32 Å². The fourth-order valence-corrected chi connectivity index (χ4v) is 2.06. The van der Waals surface area contributed by atoms with E-state index in [9.17, 15) is 0 Å². The lowest BCUT2D eigenvalue weighted by atomic mass is 9.94. The maximum atomic E-state index is 4.24. The molecule has 0 aromatic heterocycles. The average Bonchev–Trinajstić information content (AvgIpc) is 2.45. The molecule has 0 heterocycles. The second kappa shape index (κ2) is 6.05. The molecule has 0 amide bonds. The van der Waals surface area contributed by atoms with Gasteiger partial charge in [0.15, 0.2) is 0 Å². The molecule has 1 heteroatoms. The van der Waals surface area contributed by atoms with E-state index in [1.165, 1.54) is 16.7 Å². The van der Waals surface area contributed by atoms with Crippen molar-refractivity contribution in [3.63, 3.8) is 0 Å². The van der Waals surface area contributed by atoms with Crippen LogP contribution >= 0.6 is 0 Å². The van der Waals surface area contributed by atoms with Gasteiger partial charge < -0.3 is 5.32 Å². The first-order valence-corrected chi connectivity index (χ1v) is 6.41. The molecule has 1 nitrogen and oxygen atoms in total. The predicted octanol–water partition coefficient (Wildman–Crippen LogP) is 4.25. The van der Waals surface area contributed by atoms with E-state index in [2.05, 4.69) is 55.2 Å². The van der Waals surface area contributed by atoms with Crippen LogP contribution in [0.5, 0.6) is 0 Å². The Morgan fingerprint density at radius 2 is 1.84 bits per heavy atom. The van der Waals surface area contributed by atoms with Crippen LogP contribution in [-0.2, 0) is 0 Å². The number of nitrogens with one attached hydrogen (secondary N) is 1. The molecule has 0 atom stereocenters. The van der Waals surface area contributed by atoms with Gasteiger partial charge in [-0.25, -0.2) is 0 Å². The fraction of sp³-hybridized carbons (Fsp3) is 0.111. The number of benzene rings is 2. The highest BCUT2D eigenvalue weighted by molar-refractivity contribution is 5.83. The second-order valence-corrected chi connectivity index (χ2v) is 4.56. The van der Waals surface area contributed by atoms with Crippen molar-refractivity contribution in [2.75, 3.05) is 7.05 Å². The molecule has 0 unspecified atom stereocenters. The normalized spacial score (nSPS) is 10.6. The number of hydrogen-bond donors (Lipinski definition) is 1. The van der Waals surface area contributed by atoms with Crippen LogP contribution in [0.15, 0.2) is 61.3 Å². The third-order valence-corrected chi connectivity index (χ3v) is 3.08. The van der Waals surface area contributed by atoms with Crippen molar-refractivity contribution in [3.05, 3.63) is 83.6 Å². The summed E-state index contributed by atoms with van der Waals surface area (Å²) in [5.41, 5.74) is 5.81. The van der Waals surface area contributed by atoms with Gasteiger partial charge in [0.2, 0.25) is 0 Å². The highest BCUT2D eigenvalue weighted by atomic mass is 14.8. The van der Waals surface area contributed by atoms with Gasteiger partial charge in [-0.3, -0.25) is 0 Å². The summed E-state index contributed by atoms with van der Waals surface area (Å²) in [4.78, 5) is 0. The van der Waals surface area contributed by atoms with Gasteiger partial charge in [-0.05, 0) is 41.5 Å². The van der Waals surface area contributed by atoms with Crippen LogP contribution in [0, 0.1) is 6.92 Å². The minimum Gasteiger partial charge on any atom is -0.394 e. The van der Waals surface area contributed by atoms with E-state index < -0.39 is 0 Å². The Balaban J connectivity index is 2.44. The van der Waals surface area contributed by atoms with Crippen LogP contribution in [0.25, 0.3) is 11.6 Å². The summed E-state index contributed by atoms with van der Waals surface area (Å²) < 4.78 is 0. The first-order chi connectivity index (χ1) is 9.22. The molecule has 0 aliphatic heterocycles. The highest BCUT2D eigenvalue weighted by Gasteiger charge is 2.06. The van der Waals surface area contributed by atoms with Crippen molar-refractivity contribution < 1.29 is 0 Å². The van der Waals surface area contributed by atoms with Gasteiger partial charge in [0.05, 0.1) is 0 Å². The van der Waals surface area contributed by atoms with Gasteiger partial charge in [-0.1, -0.05) is 60.7 Å². The molecule has 0 saturated heterocycles. The van der Waals surface area contributed by atoms with Gasteiger partial charge in [0.25, 0.3) is 0 Å². The Kier molecular flexibility index (Phi) is 4.19.